The molecule has 3 aromatic heterocycles. The molecule has 138 valence electrons. The molecule has 0 amide bonds. The first-order valence-corrected chi connectivity index (χ1v) is 10.6. The second-order valence-corrected chi connectivity index (χ2v) is 9.03. The molecule has 0 unspecified atom stereocenters. The maximum absolute atomic E-state index is 5.32. The van der Waals surface area contributed by atoms with Crippen LogP contribution in [-0.4, -0.2) is 19.9 Å². The van der Waals surface area contributed by atoms with E-state index in [1.807, 2.05) is 24.5 Å². The molecule has 0 aliphatic heterocycles. The van der Waals surface area contributed by atoms with E-state index in [0.29, 0.717) is 35.5 Å². The van der Waals surface area contributed by atoms with Gasteiger partial charge in [-0.1, -0.05) is 24.3 Å². The zero-order chi connectivity index (χ0) is 18.7. The highest BCUT2D eigenvalue weighted by molar-refractivity contribution is 6.20. The van der Waals surface area contributed by atoms with E-state index in [0.717, 1.165) is 32.8 Å². The highest BCUT2D eigenvalue weighted by Crippen LogP contribution is 2.64. The quantitative estimate of drug-likeness (QED) is 0.324. The van der Waals surface area contributed by atoms with Gasteiger partial charge in [0.15, 0.2) is 0 Å². The summed E-state index contributed by atoms with van der Waals surface area (Å²) >= 11 is 0. The molecule has 9 rings (SSSR count). The summed E-state index contributed by atoms with van der Waals surface area (Å²) in [5.41, 5.74) is 6.21. The van der Waals surface area contributed by atoms with Crippen molar-refractivity contribution >= 4 is 32.8 Å². The Morgan fingerprint density at radius 2 is 1.14 bits per heavy atom. The van der Waals surface area contributed by atoms with Gasteiger partial charge in [0.2, 0.25) is 0 Å². The Labute approximate surface area is 167 Å². The molecular formula is C25H18N4. The van der Waals surface area contributed by atoms with E-state index in [1.165, 1.54) is 17.8 Å². The zero-order valence-corrected chi connectivity index (χ0v) is 15.7. The van der Waals surface area contributed by atoms with Crippen LogP contribution in [0.25, 0.3) is 32.8 Å². The maximum atomic E-state index is 5.32. The Kier molecular flexibility index (Phi) is 2.49. The van der Waals surface area contributed by atoms with Crippen LogP contribution in [0.1, 0.15) is 29.6 Å². The molecule has 4 aromatic rings. The van der Waals surface area contributed by atoms with Gasteiger partial charge >= 0.3 is 0 Å². The number of fused-ring (bicyclic) bond motifs is 8. The van der Waals surface area contributed by atoms with E-state index in [9.17, 15) is 0 Å². The lowest BCUT2D eigenvalue weighted by Crippen LogP contribution is -2.38. The molecule has 0 saturated heterocycles. The third-order valence-electron chi connectivity index (χ3n) is 7.87. The lowest BCUT2D eigenvalue weighted by Gasteiger charge is -2.45. The van der Waals surface area contributed by atoms with Gasteiger partial charge in [0.1, 0.15) is 0 Å². The van der Waals surface area contributed by atoms with Crippen LogP contribution in [0.15, 0.2) is 61.0 Å². The molecule has 4 bridgehead atoms. The molecule has 5 aliphatic rings. The molecule has 29 heavy (non-hydrogen) atoms. The summed E-state index contributed by atoms with van der Waals surface area (Å²) in [7, 11) is 0. The average molecular weight is 374 g/mol. The van der Waals surface area contributed by atoms with Gasteiger partial charge in [-0.3, -0.25) is 9.97 Å². The summed E-state index contributed by atoms with van der Waals surface area (Å²) < 4.78 is 0. The fourth-order valence-corrected chi connectivity index (χ4v) is 6.85. The molecule has 1 fully saturated rings. The highest BCUT2D eigenvalue weighted by Gasteiger charge is 2.56. The van der Waals surface area contributed by atoms with Gasteiger partial charge in [-0.15, -0.1) is 0 Å². The summed E-state index contributed by atoms with van der Waals surface area (Å²) in [6.45, 7) is 0. The van der Waals surface area contributed by atoms with Gasteiger partial charge in [-0.05, 0) is 54.4 Å². The maximum Gasteiger partial charge on any atom is 0.0992 e. The minimum atomic E-state index is 0.396. The fraction of sp³-hybridized carbons (Fsp3) is 0.280. The predicted octanol–water partition coefficient (Wildman–Crippen LogP) is 4.92. The van der Waals surface area contributed by atoms with Gasteiger partial charge in [0, 0.05) is 35.0 Å². The minimum Gasteiger partial charge on any atom is -0.254 e. The van der Waals surface area contributed by atoms with Crippen LogP contribution in [0, 0.1) is 23.7 Å². The fourth-order valence-electron chi connectivity index (χ4n) is 6.85. The van der Waals surface area contributed by atoms with Crippen molar-refractivity contribution in [3.63, 3.8) is 0 Å². The van der Waals surface area contributed by atoms with Crippen LogP contribution in [0.5, 0.6) is 0 Å². The second-order valence-electron chi connectivity index (χ2n) is 9.03. The number of allylic oxidation sites excluding steroid dienone is 4. The Bertz CT molecular complexity index is 1330. The lowest BCUT2D eigenvalue weighted by molar-refractivity contribution is 0.220. The number of pyridine rings is 2. The summed E-state index contributed by atoms with van der Waals surface area (Å²) in [5, 5.41) is 2.11. The van der Waals surface area contributed by atoms with Crippen LogP contribution in [0.4, 0.5) is 0 Å². The van der Waals surface area contributed by atoms with Crippen molar-refractivity contribution in [2.45, 2.75) is 18.3 Å². The number of rotatable bonds is 0. The molecule has 0 spiro atoms. The normalized spacial score (nSPS) is 33.1. The molecule has 1 saturated carbocycles. The number of aromatic nitrogens is 4. The van der Waals surface area contributed by atoms with Crippen LogP contribution >= 0.6 is 0 Å². The van der Waals surface area contributed by atoms with Crippen molar-refractivity contribution in [3.8, 4) is 0 Å². The first-order valence-electron chi connectivity index (χ1n) is 10.6. The number of nitrogens with zero attached hydrogens (tertiary/aromatic N) is 4. The average Bonchev–Trinajstić information content (AvgIpc) is 3.42. The number of benzene rings is 1. The first-order chi connectivity index (χ1) is 14.4. The summed E-state index contributed by atoms with van der Waals surface area (Å²) in [4.78, 5) is 19.9. The van der Waals surface area contributed by atoms with Crippen molar-refractivity contribution in [1.29, 1.82) is 0 Å². The molecular weight excluding hydrogens is 356 g/mol. The largest absolute Gasteiger partial charge is 0.254 e. The van der Waals surface area contributed by atoms with Crippen molar-refractivity contribution in [1.82, 2.24) is 19.9 Å². The van der Waals surface area contributed by atoms with Gasteiger partial charge in [-0.2, -0.15) is 0 Å². The van der Waals surface area contributed by atoms with E-state index in [4.69, 9.17) is 9.97 Å². The summed E-state index contributed by atoms with van der Waals surface area (Å²) in [6, 6.07) is 8.20. The molecule has 1 aromatic carbocycles. The van der Waals surface area contributed by atoms with Crippen LogP contribution < -0.4 is 0 Å². The first kappa shape index (κ1) is 14.8. The van der Waals surface area contributed by atoms with E-state index < -0.39 is 0 Å². The third-order valence-corrected chi connectivity index (χ3v) is 7.87. The third kappa shape index (κ3) is 1.65. The predicted molar refractivity (Wildman–Crippen MR) is 112 cm³/mol. The van der Waals surface area contributed by atoms with Crippen LogP contribution in [-0.2, 0) is 0 Å². The zero-order valence-electron chi connectivity index (χ0n) is 15.7. The van der Waals surface area contributed by atoms with Crippen molar-refractivity contribution < 1.29 is 0 Å². The van der Waals surface area contributed by atoms with Gasteiger partial charge in [0.05, 0.1) is 33.5 Å². The molecule has 4 nitrogen and oxygen atoms in total. The highest BCUT2D eigenvalue weighted by atomic mass is 14.9. The smallest absolute Gasteiger partial charge is 0.0992 e. The molecule has 5 aliphatic carbocycles. The van der Waals surface area contributed by atoms with E-state index in [2.05, 4.69) is 46.4 Å². The van der Waals surface area contributed by atoms with E-state index in [1.54, 1.807) is 0 Å². The Hall–Kier alpha value is -3.14. The monoisotopic (exact) mass is 374 g/mol. The Morgan fingerprint density at radius 3 is 1.66 bits per heavy atom. The Balaban J connectivity index is 1.51. The molecule has 0 radical (unpaired) electrons. The van der Waals surface area contributed by atoms with E-state index in [-0.39, 0.29) is 0 Å². The summed E-state index contributed by atoms with van der Waals surface area (Å²) in [5.74, 6) is 3.62. The summed E-state index contributed by atoms with van der Waals surface area (Å²) in [6.07, 6.45) is 14.8. The topological polar surface area (TPSA) is 51.6 Å². The van der Waals surface area contributed by atoms with Crippen molar-refractivity contribution in [2.24, 2.45) is 23.7 Å². The lowest BCUT2D eigenvalue weighted by atomic mass is 9.59. The molecule has 4 heteroatoms. The molecule has 0 N–H and O–H groups in total. The SMILES string of the molecule is C1=C[C@H]2C[C@@H]1[C@H]1[C@@H]2[C@H]2C=C[C@@H]1c1nc3c4cccnc4c4ncccc4c3nc12. The Morgan fingerprint density at radius 1 is 0.621 bits per heavy atom. The number of hydrogen-bond donors (Lipinski definition) is 0. The van der Waals surface area contributed by atoms with Gasteiger partial charge in [0.25, 0.3) is 0 Å². The molecule has 3 heterocycles. The van der Waals surface area contributed by atoms with E-state index >= 15 is 0 Å². The van der Waals surface area contributed by atoms with Crippen molar-refractivity contribution in [2.75, 3.05) is 0 Å². The van der Waals surface area contributed by atoms with Gasteiger partial charge in [-0.25, -0.2) is 9.97 Å². The van der Waals surface area contributed by atoms with Gasteiger partial charge < -0.3 is 0 Å². The van der Waals surface area contributed by atoms with Crippen LogP contribution in [0.3, 0.4) is 0 Å². The van der Waals surface area contributed by atoms with Crippen LogP contribution in [0.2, 0.25) is 0 Å². The minimum absolute atomic E-state index is 0.396. The number of hydrogen-bond acceptors (Lipinski definition) is 4. The molecule has 6 atom stereocenters. The van der Waals surface area contributed by atoms with Crippen molar-refractivity contribution in [3.05, 3.63) is 72.4 Å². The standard InChI is InChI=1S/C25H18N4/c1-3-16-20(26-9-1)21-17(4-2-10-27-21)25-24(16)28-22-14-7-8-15(23(22)29-25)19-13-6-5-12(11-13)18(14)19/h1-10,12-15,18-19H,11H2/t12-,13+,14+,15-,18-,19+. The second kappa shape index (κ2) is 4.88.